The number of anilines is 2. The molecular weight excluding hydrogens is 562 g/mol. The van der Waals surface area contributed by atoms with Crippen molar-refractivity contribution in [2.75, 3.05) is 49.8 Å². The van der Waals surface area contributed by atoms with Crippen molar-refractivity contribution in [3.05, 3.63) is 73.8 Å². The Hall–Kier alpha value is -4.15. The number of amides is 3. The number of fused-ring (bicyclic) bond motifs is 1. The van der Waals surface area contributed by atoms with Gasteiger partial charge in [-0.1, -0.05) is 12.2 Å². The van der Waals surface area contributed by atoms with E-state index in [2.05, 4.69) is 13.2 Å². The summed E-state index contributed by atoms with van der Waals surface area (Å²) in [4.78, 5) is 47.9. The molecule has 2 unspecified atom stereocenters. The van der Waals surface area contributed by atoms with E-state index in [0.29, 0.717) is 42.3 Å². The second-order valence-electron chi connectivity index (χ2n) is 11.6. The van der Waals surface area contributed by atoms with Gasteiger partial charge in [0.05, 0.1) is 37.8 Å². The maximum atomic E-state index is 14.5. The zero-order valence-electron chi connectivity index (χ0n) is 25.6. The van der Waals surface area contributed by atoms with Gasteiger partial charge in [-0.15, -0.1) is 13.2 Å². The fraction of sp³-hybridized carbons (Fsp3) is 0.441. The van der Waals surface area contributed by atoms with E-state index in [0.717, 1.165) is 0 Å². The summed E-state index contributed by atoms with van der Waals surface area (Å²) in [7, 11) is 1.57. The van der Waals surface area contributed by atoms with Crippen LogP contribution in [0.5, 0.6) is 11.5 Å². The summed E-state index contributed by atoms with van der Waals surface area (Å²) < 4.78 is 17.6. The van der Waals surface area contributed by atoms with Gasteiger partial charge in [-0.3, -0.25) is 14.4 Å². The molecule has 5 rings (SSSR count). The van der Waals surface area contributed by atoms with Crippen LogP contribution < -0.4 is 19.3 Å². The van der Waals surface area contributed by atoms with Gasteiger partial charge in [0, 0.05) is 31.0 Å². The number of aliphatic hydroxyl groups excluding tert-OH is 1. The number of aliphatic hydroxyl groups is 1. The zero-order chi connectivity index (χ0) is 31.6. The van der Waals surface area contributed by atoms with Gasteiger partial charge in [0.1, 0.15) is 23.1 Å². The molecule has 2 bridgehead atoms. The van der Waals surface area contributed by atoms with E-state index in [4.69, 9.17) is 14.2 Å². The predicted molar refractivity (Wildman–Crippen MR) is 167 cm³/mol. The number of carbonyl (C=O) groups excluding carboxylic acids is 3. The molecule has 10 nitrogen and oxygen atoms in total. The van der Waals surface area contributed by atoms with Crippen molar-refractivity contribution in [3.8, 4) is 11.5 Å². The summed E-state index contributed by atoms with van der Waals surface area (Å²) in [5, 5.41) is 10.00. The topological polar surface area (TPSA) is 109 Å². The Morgan fingerprint density at radius 3 is 2.09 bits per heavy atom. The monoisotopic (exact) mass is 603 g/mol. The molecule has 0 aromatic heterocycles. The lowest BCUT2D eigenvalue weighted by Gasteiger charge is -2.36. The molecule has 3 fully saturated rings. The van der Waals surface area contributed by atoms with E-state index in [-0.39, 0.29) is 44.0 Å². The molecule has 0 saturated carbocycles. The van der Waals surface area contributed by atoms with Crippen LogP contribution in [0.15, 0.2) is 73.8 Å². The molecule has 3 saturated heterocycles. The van der Waals surface area contributed by atoms with Crippen molar-refractivity contribution in [1.82, 2.24) is 4.90 Å². The quantitative estimate of drug-likeness (QED) is 0.349. The summed E-state index contributed by atoms with van der Waals surface area (Å²) in [5.74, 6) is -1.41. The predicted octanol–water partition coefficient (Wildman–Crippen LogP) is 3.59. The lowest BCUT2D eigenvalue weighted by Crippen LogP contribution is -2.57. The highest BCUT2D eigenvalue weighted by Gasteiger charge is 2.78. The normalized spacial score (nSPS) is 26.7. The van der Waals surface area contributed by atoms with Crippen LogP contribution in [-0.2, 0) is 19.1 Å². The van der Waals surface area contributed by atoms with Gasteiger partial charge in [-0.2, -0.15) is 0 Å². The highest BCUT2D eigenvalue weighted by Crippen LogP contribution is 2.63. The van der Waals surface area contributed by atoms with E-state index >= 15 is 0 Å². The molecule has 1 N–H and O–H groups in total. The zero-order valence-corrected chi connectivity index (χ0v) is 25.6. The van der Waals surface area contributed by atoms with Gasteiger partial charge in [0.15, 0.2) is 0 Å². The van der Waals surface area contributed by atoms with E-state index < -0.39 is 29.1 Å². The van der Waals surface area contributed by atoms with Crippen LogP contribution in [0.3, 0.4) is 0 Å². The fourth-order valence-corrected chi connectivity index (χ4v) is 7.30. The number of rotatable bonds is 13. The average molecular weight is 604 g/mol. The van der Waals surface area contributed by atoms with Crippen molar-refractivity contribution < 1.29 is 33.7 Å². The van der Waals surface area contributed by atoms with E-state index in [9.17, 15) is 19.5 Å². The van der Waals surface area contributed by atoms with Crippen molar-refractivity contribution in [3.63, 3.8) is 0 Å². The van der Waals surface area contributed by atoms with Gasteiger partial charge in [-0.25, -0.2) is 0 Å². The van der Waals surface area contributed by atoms with E-state index in [1.807, 2.05) is 13.8 Å². The summed E-state index contributed by atoms with van der Waals surface area (Å²) >= 11 is 0. The molecule has 3 heterocycles. The lowest BCUT2D eigenvalue weighted by atomic mass is 9.66. The van der Waals surface area contributed by atoms with Gasteiger partial charge < -0.3 is 34.0 Å². The smallest absolute Gasteiger partial charge is 0.253 e. The molecule has 3 aliphatic rings. The Balaban J connectivity index is 1.54. The fourth-order valence-electron chi connectivity index (χ4n) is 7.30. The van der Waals surface area contributed by atoms with Gasteiger partial charge >= 0.3 is 0 Å². The van der Waals surface area contributed by atoms with Crippen molar-refractivity contribution in [2.24, 2.45) is 11.8 Å². The van der Waals surface area contributed by atoms with Gasteiger partial charge in [0.2, 0.25) is 11.8 Å². The number of methoxy groups -OCH3 is 1. The minimum absolute atomic E-state index is 0.0612. The Morgan fingerprint density at radius 1 is 1.00 bits per heavy atom. The molecule has 3 aliphatic heterocycles. The minimum Gasteiger partial charge on any atom is -0.497 e. The number of hydrogen-bond acceptors (Lipinski definition) is 7. The molecule has 10 heteroatoms. The number of nitrogens with zero attached hydrogens (tertiary/aromatic N) is 3. The van der Waals surface area contributed by atoms with Crippen molar-refractivity contribution in [1.29, 1.82) is 0 Å². The SMILES string of the molecule is C=CCN(C(=O)C1N(CCO)C(=O)[C@@H]2[C@@H](C(=O)N(CC=C)c3ccc(OCC)cc3)[C@@]3(C)CCC12O3)c1ccc(OC)cc1. The number of carbonyl (C=O) groups is 3. The molecule has 44 heavy (non-hydrogen) atoms. The Kier molecular flexibility index (Phi) is 8.85. The van der Waals surface area contributed by atoms with Crippen molar-refractivity contribution in [2.45, 2.75) is 43.9 Å². The highest BCUT2D eigenvalue weighted by atomic mass is 16.5. The average Bonchev–Trinajstić information content (AvgIpc) is 3.59. The first-order valence-electron chi connectivity index (χ1n) is 15.0. The highest BCUT2D eigenvalue weighted by molar-refractivity contribution is 6.06. The molecule has 2 aromatic carbocycles. The first-order chi connectivity index (χ1) is 21.2. The first kappa shape index (κ1) is 31.3. The number of likely N-dealkylation sites (tertiary alicyclic amines) is 1. The molecule has 5 atom stereocenters. The second kappa shape index (κ2) is 12.5. The number of ether oxygens (including phenoxy) is 3. The van der Waals surface area contributed by atoms with Gasteiger partial charge in [-0.05, 0) is 75.2 Å². The van der Waals surface area contributed by atoms with Gasteiger partial charge in [0.25, 0.3) is 5.91 Å². The maximum absolute atomic E-state index is 14.5. The summed E-state index contributed by atoms with van der Waals surface area (Å²) in [6.07, 6.45) is 4.19. The largest absolute Gasteiger partial charge is 0.497 e. The van der Waals surface area contributed by atoms with Crippen LogP contribution in [0.2, 0.25) is 0 Å². The molecule has 0 aliphatic carbocycles. The third kappa shape index (κ3) is 5.05. The molecule has 1 spiro atoms. The van der Waals surface area contributed by atoms with E-state index in [1.165, 1.54) is 4.90 Å². The third-order valence-electron chi connectivity index (χ3n) is 9.12. The van der Waals surface area contributed by atoms with Crippen molar-refractivity contribution >= 4 is 29.1 Å². The van der Waals surface area contributed by atoms with Crippen LogP contribution in [0.25, 0.3) is 0 Å². The molecule has 2 aromatic rings. The van der Waals surface area contributed by atoms with E-state index in [1.54, 1.807) is 77.6 Å². The Labute approximate surface area is 258 Å². The van der Waals surface area contributed by atoms with Crippen LogP contribution >= 0.6 is 0 Å². The number of hydrogen-bond donors (Lipinski definition) is 1. The lowest BCUT2D eigenvalue weighted by molar-refractivity contribution is -0.145. The third-order valence-corrected chi connectivity index (χ3v) is 9.12. The second-order valence-corrected chi connectivity index (χ2v) is 11.6. The standard InChI is InChI=1S/C34H41N3O7/c1-6-19-35(23-11-15-26(16-12-23)43-8-3)30(39)27-28-31(40)37(21-22-38)29(34(28)18-17-33(27,4)44-34)32(41)36(20-7-2)24-9-13-25(42-5)14-10-24/h6-7,9-16,27-29,38H,1-2,8,17-22H2,3-5H3/t27-,28-,29?,33+,34?/m0/s1. The van der Waals surface area contributed by atoms with Crippen LogP contribution in [0.4, 0.5) is 11.4 Å². The molecule has 234 valence electrons. The van der Waals surface area contributed by atoms with Crippen LogP contribution in [0.1, 0.15) is 26.7 Å². The summed E-state index contributed by atoms with van der Waals surface area (Å²) in [6.45, 7) is 12.0. The summed E-state index contributed by atoms with van der Waals surface area (Å²) in [6, 6.07) is 13.2. The van der Waals surface area contributed by atoms with Crippen LogP contribution in [0, 0.1) is 11.8 Å². The Bertz CT molecular complexity index is 1410. The number of β-amino-alcohol motifs (C(OH)–C–C–N with tert-alkyl or cyclic N) is 1. The minimum atomic E-state index is -1.23. The van der Waals surface area contributed by atoms with Crippen LogP contribution in [-0.4, -0.2) is 84.9 Å². The maximum Gasteiger partial charge on any atom is 0.253 e. The molecule has 0 radical (unpaired) electrons. The molecular formula is C34H41N3O7. The first-order valence-corrected chi connectivity index (χ1v) is 15.0. The Morgan fingerprint density at radius 2 is 1.57 bits per heavy atom. The molecule has 3 amide bonds. The number of benzene rings is 2. The summed E-state index contributed by atoms with van der Waals surface area (Å²) in [5.41, 5.74) is -0.954.